The van der Waals surface area contributed by atoms with Gasteiger partial charge in [0.1, 0.15) is 11.5 Å². The molecule has 0 fully saturated rings. The fourth-order valence-corrected chi connectivity index (χ4v) is 4.68. The summed E-state index contributed by atoms with van der Waals surface area (Å²) in [6.07, 6.45) is -4.96. The van der Waals surface area contributed by atoms with Gasteiger partial charge in [-0.25, -0.2) is 0 Å². The number of carbonyl (C=O) groups excluding carboxylic acids is 1. The molecule has 36 heavy (non-hydrogen) atoms. The number of nitrogens with zero attached hydrogens (tertiary/aromatic N) is 1. The molecule has 0 saturated heterocycles. The Kier molecular flexibility index (Phi) is 5.68. The second-order valence-corrected chi connectivity index (χ2v) is 8.35. The van der Waals surface area contributed by atoms with E-state index in [1.165, 1.54) is 4.90 Å². The number of phenolic OH excluding ortho intramolecular Hbond substituents is 1. The number of carbonyl (C=O) groups is 1. The Morgan fingerprint density at radius 2 is 1.33 bits per heavy atom. The third-order valence-corrected chi connectivity index (χ3v) is 6.16. The molecular formula is C28H20F3NO4. The Morgan fingerprint density at radius 3 is 1.89 bits per heavy atom. The van der Waals surface area contributed by atoms with E-state index in [-0.39, 0.29) is 11.1 Å². The van der Waals surface area contributed by atoms with Crippen LogP contribution < -0.4 is 9.64 Å². The van der Waals surface area contributed by atoms with Crippen LogP contribution in [0, 0.1) is 0 Å². The molecule has 1 amide bonds. The Balaban J connectivity index is 1.67. The van der Waals surface area contributed by atoms with Gasteiger partial charge < -0.3 is 14.9 Å². The van der Waals surface area contributed by atoms with Crippen LogP contribution in [-0.4, -0.2) is 22.5 Å². The van der Waals surface area contributed by atoms with Crippen LogP contribution in [0.1, 0.15) is 28.3 Å². The summed E-state index contributed by atoms with van der Waals surface area (Å²) in [5, 5.41) is 22.5. The first-order valence-electron chi connectivity index (χ1n) is 11.0. The molecule has 1 heterocycles. The minimum absolute atomic E-state index is 0.201. The van der Waals surface area contributed by atoms with Gasteiger partial charge in [-0.2, -0.15) is 0 Å². The number of benzene rings is 4. The normalized spacial score (nSPS) is 17.4. The minimum Gasteiger partial charge on any atom is -0.507 e. The van der Waals surface area contributed by atoms with Crippen LogP contribution in [-0.2, 0) is 10.4 Å². The molecule has 0 aliphatic carbocycles. The Morgan fingerprint density at radius 1 is 0.778 bits per heavy atom. The van der Waals surface area contributed by atoms with Crippen LogP contribution in [0.2, 0.25) is 0 Å². The lowest BCUT2D eigenvalue weighted by molar-refractivity contribution is -0.274. The summed E-state index contributed by atoms with van der Waals surface area (Å²) in [6.45, 7) is 0. The maximum Gasteiger partial charge on any atom is 0.573 e. The zero-order valence-corrected chi connectivity index (χ0v) is 18.7. The molecular weight excluding hydrogens is 471 g/mol. The SMILES string of the molecule is O=C1N(C(c2ccccc2)c2ccccc2)c2ccccc2C1(O)c1ccc(OC(F)(F)F)cc1O. The van der Waals surface area contributed by atoms with Crippen LogP contribution in [0.4, 0.5) is 18.9 Å². The van der Waals surface area contributed by atoms with E-state index in [1.807, 2.05) is 60.7 Å². The van der Waals surface area contributed by atoms with Crippen LogP contribution in [0.25, 0.3) is 0 Å². The van der Waals surface area contributed by atoms with E-state index in [9.17, 15) is 28.2 Å². The summed E-state index contributed by atoms with van der Waals surface area (Å²) in [6, 6.07) is 27.3. The van der Waals surface area contributed by atoms with Crippen LogP contribution in [0.5, 0.6) is 11.5 Å². The molecule has 0 spiro atoms. The number of hydrogen-bond donors (Lipinski definition) is 2. The summed E-state index contributed by atoms with van der Waals surface area (Å²) in [4.78, 5) is 15.6. The highest BCUT2D eigenvalue weighted by atomic mass is 19.4. The Hall–Kier alpha value is -4.30. The second kappa shape index (κ2) is 8.73. The van der Waals surface area contributed by atoms with E-state index in [1.54, 1.807) is 24.3 Å². The molecule has 2 N–H and O–H groups in total. The fraction of sp³-hybridized carbons (Fsp3) is 0.107. The number of rotatable bonds is 5. The summed E-state index contributed by atoms with van der Waals surface area (Å²) < 4.78 is 41.8. The first kappa shape index (κ1) is 23.4. The average Bonchev–Trinajstić information content (AvgIpc) is 3.08. The lowest BCUT2D eigenvalue weighted by Crippen LogP contribution is -2.43. The number of aliphatic hydroxyl groups is 1. The van der Waals surface area contributed by atoms with Crippen molar-refractivity contribution in [2.75, 3.05) is 4.90 Å². The van der Waals surface area contributed by atoms with Crippen molar-refractivity contribution in [3.05, 3.63) is 125 Å². The summed E-state index contributed by atoms with van der Waals surface area (Å²) >= 11 is 0. The van der Waals surface area contributed by atoms with Crippen molar-refractivity contribution in [1.29, 1.82) is 0 Å². The van der Waals surface area contributed by atoms with Crippen molar-refractivity contribution in [1.82, 2.24) is 0 Å². The van der Waals surface area contributed by atoms with Crippen LogP contribution >= 0.6 is 0 Å². The molecule has 5 nitrogen and oxygen atoms in total. The van der Waals surface area contributed by atoms with Gasteiger partial charge in [-0.05, 0) is 29.3 Å². The first-order chi connectivity index (χ1) is 17.2. The van der Waals surface area contributed by atoms with Gasteiger partial charge in [0.2, 0.25) is 0 Å². The van der Waals surface area contributed by atoms with Gasteiger partial charge in [0.05, 0.1) is 11.7 Å². The molecule has 8 heteroatoms. The second-order valence-electron chi connectivity index (χ2n) is 8.35. The number of para-hydroxylation sites is 1. The van der Waals surface area contributed by atoms with Gasteiger partial charge in [0.25, 0.3) is 5.91 Å². The van der Waals surface area contributed by atoms with E-state index >= 15 is 0 Å². The predicted molar refractivity (Wildman–Crippen MR) is 126 cm³/mol. The molecule has 1 aliphatic heterocycles. The molecule has 0 bridgehead atoms. The van der Waals surface area contributed by atoms with Gasteiger partial charge in [0, 0.05) is 17.2 Å². The number of phenols is 1. The van der Waals surface area contributed by atoms with Crippen molar-refractivity contribution < 1.29 is 32.9 Å². The molecule has 1 aliphatic rings. The lowest BCUT2D eigenvalue weighted by atomic mass is 9.86. The van der Waals surface area contributed by atoms with E-state index in [2.05, 4.69) is 4.74 Å². The molecule has 5 rings (SSSR count). The number of alkyl halides is 3. The highest BCUT2D eigenvalue weighted by molar-refractivity contribution is 6.10. The van der Waals surface area contributed by atoms with Crippen molar-refractivity contribution >= 4 is 11.6 Å². The quantitative estimate of drug-likeness (QED) is 0.378. The zero-order valence-electron chi connectivity index (χ0n) is 18.7. The number of anilines is 1. The molecule has 1 atom stereocenters. The molecule has 0 aromatic heterocycles. The number of aromatic hydroxyl groups is 1. The first-order valence-corrected chi connectivity index (χ1v) is 11.0. The fourth-order valence-electron chi connectivity index (χ4n) is 4.68. The van der Waals surface area contributed by atoms with Gasteiger partial charge in [-0.1, -0.05) is 78.9 Å². The van der Waals surface area contributed by atoms with E-state index in [0.29, 0.717) is 5.69 Å². The average molecular weight is 491 g/mol. The van der Waals surface area contributed by atoms with Crippen molar-refractivity contribution in [2.45, 2.75) is 18.0 Å². The predicted octanol–water partition coefficient (Wildman–Crippen LogP) is 5.66. The number of hydrogen-bond acceptors (Lipinski definition) is 4. The molecule has 0 saturated carbocycles. The van der Waals surface area contributed by atoms with Crippen molar-refractivity contribution in [3.8, 4) is 11.5 Å². The minimum atomic E-state index is -4.96. The van der Waals surface area contributed by atoms with E-state index in [4.69, 9.17) is 0 Å². The largest absolute Gasteiger partial charge is 0.573 e. The molecule has 1 unspecified atom stereocenters. The molecule has 4 aromatic carbocycles. The highest BCUT2D eigenvalue weighted by Crippen LogP contribution is 2.51. The third kappa shape index (κ3) is 3.95. The molecule has 182 valence electrons. The number of ether oxygens (including phenoxy) is 1. The Bertz CT molecular complexity index is 1370. The number of amides is 1. The van der Waals surface area contributed by atoms with Crippen LogP contribution in [0.15, 0.2) is 103 Å². The monoisotopic (exact) mass is 491 g/mol. The van der Waals surface area contributed by atoms with Crippen molar-refractivity contribution in [2.24, 2.45) is 0 Å². The van der Waals surface area contributed by atoms with Gasteiger partial charge >= 0.3 is 6.36 Å². The smallest absolute Gasteiger partial charge is 0.507 e. The number of fused-ring (bicyclic) bond motifs is 1. The maximum absolute atomic E-state index is 14.1. The van der Waals surface area contributed by atoms with E-state index in [0.717, 1.165) is 29.3 Å². The molecule has 0 radical (unpaired) electrons. The maximum atomic E-state index is 14.1. The van der Waals surface area contributed by atoms with Gasteiger partial charge in [0.15, 0.2) is 5.60 Å². The van der Waals surface area contributed by atoms with Crippen LogP contribution in [0.3, 0.4) is 0 Å². The zero-order chi connectivity index (χ0) is 25.5. The van der Waals surface area contributed by atoms with Crippen molar-refractivity contribution in [3.63, 3.8) is 0 Å². The lowest BCUT2D eigenvalue weighted by Gasteiger charge is -2.31. The highest BCUT2D eigenvalue weighted by Gasteiger charge is 2.54. The van der Waals surface area contributed by atoms with Gasteiger partial charge in [-0.3, -0.25) is 9.69 Å². The standard InChI is InChI=1S/C28H20F3NO4/c29-28(30,31)36-20-15-16-22(24(33)17-20)27(35)21-13-7-8-14-23(21)32(26(27)34)25(18-9-3-1-4-10-18)19-11-5-2-6-12-19/h1-17,25,33,35H. The number of halogens is 3. The summed E-state index contributed by atoms with van der Waals surface area (Å²) in [5.74, 6) is -2.13. The third-order valence-electron chi connectivity index (χ3n) is 6.16. The van der Waals surface area contributed by atoms with E-state index < -0.39 is 35.4 Å². The topological polar surface area (TPSA) is 70.0 Å². The Labute approximate surface area is 204 Å². The summed E-state index contributed by atoms with van der Waals surface area (Å²) in [7, 11) is 0. The summed E-state index contributed by atoms with van der Waals surface area (Å²) in [5.41, 5.74) is -0.413. The molecule has 4 aromatic rings. The van der Waals surface area contributed by atoms with Gasteiger partial charge in [-0.15, -0.1) is 13.2 Å².